The zero-order valence-corrected chi connectivity index (χ0v) is 14.1. The van der Waals surface area contributed by atoms with Gasteiger partial charge in [-0.1, -0.05) is 25.5 Å². The third-order valence-electron chi connectivity index (χ3n) is 4.38. The van der Waals surface area contributed by atoms with Crippen LogP contribution in [0.1, 0.15) is 47.5 Å². The van der Waals surface area contributed by atoms with E-state index >= 15 is 0 Å². The second kappa shape index (κ2) is 6.43. The van der Waals surface area contributed by atoms with Crippen molar-refractivity contribution in [1.82, 2.24) is 0 Å². The largest absolute Gasteiger partial charge is 0.494 e. The third kappa shape index (κ3) is 3.53. The molecule has 0 radical (unpaired) electrons. The average Bonchev–Trinajstić information content (AvgIpc) is 2.56. The highest BCUT2D eigenvalue weighted by molar-refractivity contribution is 6.62. The number of ether oxygens (including phenoxy) is 1. The topological polar surface area (TPSA) is 44.8 Å². The fourth-order valence-electron chi connectivity index (χ4n) is 2.15. The van der Waals surface area contributed by atoms with Crippen LogP contribution in [0, 0.1) is 0 Å². The zero-order valence-electron chi connectivity index (χ0n) is 14.1. The maximum absolute atomic E-state index is 12.0. The first-order valence-corrected chi connectivity index (χ1v) is 7.89. The van der Waals surface area contributed by atoms with Crippen molar-refractivity contribution in [1.29, 1.82) is 0 Å². The molecule has 1 saturated heterocycles. The van der Waals surface area contributed by atoms with Crippen LogP contribution in [0.4, 0.5) is 0 Å². The highest BCUT2D eigenvalue weighted by atomic mass is 16.7. The molecule has 1 aliphatic rings. The molecule has 0 N–H and O–H groups in total. The maximum Gasteiger partial charge on any atom is 0.494 e. The minimum absolute atomic E-state index is 0.126. The molecule has 0 aliphatic carbocycles. The number of unbranched alkanes of at least 4 members (excludes halogenated alkanes) is 1. The Hall–Kier alpha value is -1.33. The number of hydrogen-bond donors (Lipinski definition) is 0. The smallest absolute Gasteiger partial charge is 0.489 e. The van der Waals surface area contributed by atoms with E-state index in [9.17, 15) is 4.79 Å². The Bertz CT molecular complexity index is 567. The normalized spacial score (nSPS) is 19.2. The van der Waals surface area contributed by atoms with Crippen molar-refractivity contribution in [3.05, 3.63) is 34.5 Å². The molecule has 1 aromatic carbocycles. The summed E-state index contributed by atoms with van der Waals surface area (Å²) in [5, 5.41) is 0. The van der Waals surface area contributed by atoms with Crippen molar-refractivity contribution in [3.63, 3.8) is 0 Å². The minimum Gasteiger partial charge on any atom is -0.489 e. The average molecular weight is 304 g/mol. The summed E-state index contributed by atoms with van der Waals surface area (Å²) in [5.41, 5.74) is -0.0976. The molecule has 0 saturated carbocycles. The molecule has 0 amide bonds. The van der Waals surface area contributed by atoms with Gasteiger partial charge in [0.2, 0.25) is 5.43 Å². The molecule has 1 fully saturated rings. The number of hydrogen-bond acceptors (Lipinski definition) is 4. The van der Waals surface area contributed by atoms with Crippen molar-refractivity contribution in [3.8, 4) is 5.75 Å². The molecule has 2 rings (SSSR count). The fourth-order valence-corrected chi connectivity index (χ4v) is 2.15. The van der Waals surface area contributed by atoms with E-state index in [-0.39, 0.29) is 5.43 Å². The number of rotatable bonds is 5. The van der Waals surface area contributed by atoms with Gasteiger partial charge in [-0.05, 0) is 51.7 Å². The molecule has 0 spiro atoms. The van der Waals surface area contributed by atoms with Gasteiger partial charge in [-0.3, -0.25) is 4.79 Å². The van der Waals surface area contributed by atoms with Crippen LogP contribution in [0.15, 0.2) is 29.1 Å². The van der Waals surface area contributed by atoms with Gasteiger partial charge < -0.3 is 14.0 Å². The van der Waals surface area contributed by atoms with E-state index in [0.29, 0.717) is 12.4 Å². The zero-order chi connectivity index (χ0) is 16.4. The van der Waals surface area contributed by atoms with Crippen LogP contribution >= 0.6 is 0 Å². The van der Waals surface area contributed by atoms with E-state index in [4.69, 9.17) is 14.0 Å². The molecule has 1 aromatic rings. The van der Waals surface area contributed by atoms with Crippen molar-refractivity contribution in [2.75, 3.05) is 6.61 Å². The second-order valence-electron chi connectivity index (χ2n) is 6.69. The van der Waals surface area contributed by atoms with Gasteiger partial charge in [0, 0.05) is 0 Å². The van der Waals surface area contributed by atoms with Gasteiger partial charge in [-0.15, -0.1) is 0 Å². The van der Waals surface area contributed by atoms with E-state index in [1.807, 2.05) is 33.8 Å². The Balaban J connectivity index is 2.21. The van der Waals surface area contributed by atoms with Crippen LogP contribution in [-0.4, -0.2) is 24.9 Å². The lowest BCUT2D eigenvalue weighted by molar-refractivity contribution is 0.00578. The van der Waals surface area contributed by atoms with Crippen molar-refractivity contribution in [2.45, 2.75) is 58.7 Å². The Morgan fingerprint density at radius 1 is 1.05 bits per heavy atom. The van der Waals surface area contributed by atoms with Gasteiger partial charge in [0.15, 0.2) is 5.75 Å². The Kier molecular flexibility index (Phi) is 4.98. The summed E-state index contributed by atoms with van der Waals surface area (Å²) in [6.07, 6.45) is 1.97. The van der Waals surface area contributed by atoms with Crippen LogP contribution < -0.4 is 15.6 Å². The summed E-state index contributed by atoms with van der Waals surface area (Å²) in [6, 6.07) is 6.81. The molecule has 120 valence electrons. The summed E-state index contributed by atoms with van der Waals surface area (Å²) in [6.45, 7) is 10.7. The summed E-state index contributed by atoms with van der Waals surface area (Å²) < 4.78 is 17.6. The van der Waals surface area contributed by atoms with E-state index in [1.165, 1.54) is 6.07 Å². The van der Waals surface area contributed by atoms with Gasteiger partial charge in [-0.2, -0.15) is 0 Å². The molecule has 1 heterocycles. The molecule has 0 atom stereocenters. The van der Waals surface area contributed by atoms with Gasteiger partial charge >= 0.3 is 7.12 Å². The van der Waals surface area contributed by atoms with Gasteiger partial charge in [0.1, 0.15) is 0 Å². The first-order chi connectivity index (χ1) is 10.3. The lowest BCUT2D eigenvalue weighted by atomic mass is 9.80. The molecule has 0 unspecified atom stereocenters. The first kappa shape index (κ1) is 17.0. The third-order valence-corrected chi connectivity index (χ3v) is 4.38. The van der Waals surface area contributed by atoms with Crippen LogP contribution in [0.5, 0.6) is 5.75 Å². The quantitative estimate of drug-likeness (QED) is 0.619. The van der Waals surface area contributed by atoms with Crippen LogP contribution in [0.2, 0.25) is 0 Å². The van der Waals surface area contributed by atoms with Crippen molar-refractivity contribution < 1.29 is 14.0 Å². The molecule has 22 heavy (non-hydrogen) atoms. The van der Waals surface area contributed by atoms with E-state index in [0.717, 1.165) is 18.3 Å². The molecular formula is C17H25BO4. The summed E-state index contributed by atoms with van der Waals surface area (Å²) in [7, 11) is -0.472. The summed E-state index contributed by atoms with van der Waals surface area (Å²) >= 11 is 0. The van der Waals surface area contributed by atoms with Crippen LogP contribution in [-0.2, 0) is 9.31 Å². The molecular weight excluding hydrogens is 279 g/mol. The lowest BCUT2D eigenvalue weighted by Gasteiger charge is -2.32. The van der Waals surface area contributed by atoms with E-state index in [2.05, 4.69) is 6.92 Å². The monoisotopic (exact) mass is 304 g/mol. The first-order valence-electron chi connectivity index (χ1n) is 7.89. The van der Waals surface area contributed by atoms with Crippen molar-refractivity contribution in [2.24, 2.45) is 0 Å². The molecule has 0 bridgehead atoms. The van der Waals surface area contributed by atoms with E-state index in [1.54, 1.807) is 12.1 Å². The SMILES string of the molecule is CCCCOc1ccc(B2OC(C)(C)C(C)(C)O2)ccc1=O. The predicted molar refractivity (Wildman–Crippen MR) is 88.8 cm³/mol. The Labute approximate surface area is 132 Å². The molecule has 0 aromatic heterocycles. The van der Waals surface area contributed by atoms with Crippen LogP contribution in [0.3, 0.4) is 0 Å². The predicted octanol–water partition coefficient (Wildman–Crippen LogP) is 2.52. The summed E-state index contributed by atoms with van der Waals surface area (Å²) in [5.74, 6) is 0.371. The van der Waals surface area contributed by atoms with Crippen molar-refractivity contribution >= 4 is 12.6 Å². The minimum atomic E-state index is -0.472. The fraction of sp³-hybridized carbons (Fsp3) is 0.588. The standard InChI is InChI=1S/C17H25BO4/c1-6-7-12-20-15-11-9-13(8-10-14(15)19)18-21-16(2,3)17(4,5)22-18/h8-11H,6-7,12H2,1-5H3. The van der Waals surface area contributed by atoms with Gasteiger partial charge in [-0.25, -0.2) is 0 Å². The Morgan fingerprint density at radius 3 is 2.23 bits per heavy atom. The van der Waals surface area contributed by atoms with Gasteiger partial charge in [0.05, 0.1) is 17.8 Å². The highest BCUT2D eigenvalue weighted by Crippen LogP contribution is 2.36. The second-order valence-corrected chi connectivity index (χ2v) is 6.69. The van der Waals surface area contributed by atoms with Crippen LogP contribution in [0.25, 0.3) is 0 Å². The molecule has 5 heteroatoms. The van der Waals surface area contributed by atoms with E-state index < -0.39 is 18.3 Å². The maximum atomic E-state index is 12.0. The Morgan fingerprint density at radius 2 is 1.64 bits per heavy atom. The van der Waals surface area contributed by atoms with Gasteiger partial charge in [0.25, 0.3) is 0 Å². The summed E-state index contributed by atoms with van der Waals surface area (Å²) in [4.78, 5) is 12.0. The molecule has 1 aliphatic heterocycles. The molecule has 4 nitrogen and oxygen atoms in total. The lowest BCUT2D eigenvalue weighted by Crippen LogP contribution is -2.41. The highest BCUT2D eigenvalue weighted by Gasteiger charge is 2.51.